The molecule has 0 saturated carbocycles. The molecule has 3 aromatic carbocycles. The second-order valence-corrected chi connectivity index (χ2v) is 6.95. The first-order valence-electron chi connectivity index (χ1n) is 8.72. The Morgan fingerprint density at radius 3 is 1.83 bits per heavy atom. The zero-order chi connectivity index (χ0) is 17.1. The Balaban J connectivity index is 1.73. The highest BCUT2D eigenvalue weighted by atomic mass is 14.1. The van der Waals surface area contributed by atoms with Crippen LogP contribution in [0, 0.1) is 27.7 Å². The lowest BCUT2D eigenvalue weighted by molar-refractivity contribution is 1.12. The van der Waals surface area contributed by atoms with Gasteiger partial charge < -0.3 is 0 Å². The quantitative estimate of drug-likeness (QED) is 0.545. The van der Waals surface area contributed by atoms with E-state index in [-0.39, 0.29) is 0 Å². The van der Waals surface area contributed by atoms with Gasteiger partial charge in [0.05, 0.1) is 0 Å². The lowest BCUT2D eigenvalue weighted by Gasteiger charge is -2.10. The van der Waals surface area contributed by atoms with Crippen LogP contribution in [-0.4, -0.2) is 0 Å². The maximum absolute atomic E-state index is 2.30. The van der Waals surface area contributed by atoms with Gasteiger partial charge in [-0.15, -0.1) is 0 Å². The van der Waals surface area contributed by atoms with Gasteiger partial charge in [-0.05, 0) is 85.0 Å². The molecule has 0 bridgehead atoms. The van der Waals surface area contributed by atoms with Crippen LogP contribution in [0.25, 0.3) is 0 Å². The van der Waals surface area contributed by atoms with Crippen molar-refractivity contribution in [3.05, 3.63) is 105 Å². The lowest BCUT2D eigenvalue weighted by atomic mass is 9.95. The second-order valence-electron chi connectivity index (χ2n) is 6.95. The fourth-order valence-corrected chi connectivity index (χ4v) is 3.15. The van der Waals surface area contributed by atoms with Crippen molar-refractivity contribution in [1.29, 1.82) is 0 Å². The first-order chi connectivity index (χ1) is 11.5. The first kappa shape index (κ1) is 16.5. The van der Waals surface area contributed by atoms with Crippen molar-refractivity contribution in [3.8, 4) is 0 Å². The third-order valence-corrected chi connectivity index (χ3v) is 5.11. The van der Waals surface area contributed by atoms with Crippen LogP contribution in [0.4, 0.5) is 0 Å². The van der Waals surface area contributed by atoms with Crippen molar-refractivity contribution in [1.82, 2.24) is 0 Å². The Morgan fingerprint density at radius 1 is 0.542 bits per heavy atom. The molecule has 0 heteroatoms. The molecule has 0 aliphatic rings. The van der Waals surface area contributed by atoms with Crippen LogP contribution in [0.2, 0.25) is 0 Å². The highest BCUT2D eigenvalue weighted by Crippen LogP contribution is 2.19. The van der Waals surface area contributed by atoms with Crippen LogP contribution in [0.5, 0.6) is 0 Å². The maximum Gasteiger partial charge on any atom is -0.00230 e. The van der Waals surface area contributed by atoms with Crippen LogP contribution in [0.15, 0.2) is 60.7 Å². The monoisotopic (exact) mass is 314 g/mol. The molecular formula is C24H26. The zero-order valence-corrected chi connectivity index (χ0v) is 15.2. The van der Waals surface area contributed by atoms with E-state index in [9.17, 15) is 0 Å². The van der Waals surface area contributed by atoms with Crippen LogP contribution in [0.1, 0.15) is 44.5 Å². The summed E-state index contributed by atoms with van der Waals surface area (Å²) in [6.45, 7) is 8.76. The molecule has 3 aromatic rings. The summed E-state index contributed by atoms with van der Waals surface area (Å²) >= 11 is 0. The second kappa shape index (κ2) is 7.05. The van der Waals surface area contributed by atoms with Gasteiger partial charge in [-0.25, -0.2) is 0 Å². The smallest absolute Gasteiger partial charge is 0.00230 e. The molecule has 0 N–H and O–H groups in total. The van der Waals surface area contributed by atoms with Gasteiger partial charge in [-0.2, -0.15) is 0 Å². The average Bonchev–Trinajstić information content (AvgIpc) is 2.57. The van der Waals surface area contributed by atoms with Gasteiger partial charge in [0.25, 0.3) is 0 Å². The molecule has 0 atom stereocenters. The van der Waals surface area contributed by atoms with Gasteiger partial charge in [0.2, 0.25) is 0 Å². The van der Waals surface area contributed by atoms with Gasteiger partial charge in [0, 0.05) is 0 Å². The number of benzene rings is 3. The van der Waals surface area contributed by atoms with Crippen molar-refractivity contribution in [3.63, 3.8) is 0 Å². The highest BCUT2D eigenvalue weighted by Gasteiger charge is 2.03. The minimum absolute atomic E-state index is 1.00. The highest BCUT2D eigenvalue weighted by molar-refractivity contribution is 5.38. The Labute approximate surface area is 146 Å². The molecule has 0 unspecified atom stereocenters. The number of aryl methyl sites for hydroxylation is 3. The Bertz CT molecular complexity index is 838. The van der Waals surface area contributed by atoms with Crippen molar-refractivity contribution in [2.24, 2.45) is 0 Å². The molecule has 0 saturated heterocycles. The fraction of sp³-hybridized carbons (Fsp3) is 0.250. The number of hydrogen-bond acceptors (Lipinski definition) is 0. The van der Waals surface area contributed by atoms with E-state index in [1.165, 1.54) is 44.5 Å². The van der Waals surface area contributed by atoms with Gasteiger partial charge in [0.1, 0.15) is 0 Å². The largest absolute Gasteiger partial charge is 0.0617 e. The van der Waals surface area contributed by atoms with E-state index in [0.29, 0.717) is 0 Å². The molecule has 122 valence electrons. The van der Waals surface area contributed by atoms with Crippen molar-refractivity contribution in [2.75, 3.05) is 0 Å². The number of rotatable bonds is 4. The normalized spacial score (nSPS) is 10.8. The first-order valence-corrected chi connectivity index (χ1v) is 8.72. The van der Waals surface area contributed by atoms with Crippen LogP contribution < -0.4 is 0 Å². The fourth-order valence-electron chi connectivity index (χ4n) is 3.15. The predicted molar refractivity (Wildman–Crippen MR) is 104 cm³/mol. The molecular weight excluding hydrogens is 288 g/mol. The lowest BCUT2D eigenvalue weighted by Crippen LogP contribution is -1.95. The third-order valence-electron chi connectivity index (χ3n) is 5.11. The van der Waals surface area contributed by atoms with Crippen LogP contribution >= 0.6 is 0 Å². The summed E-state index contributed by atoms with van der Waals surface area (Å²) in [5.41, 5.74) is 11.1. The van der Waals surface area contributed by atoms with Crippen LogP contribution in [0.3, 0.4) is 0 Å². The molecule has 0 amide bonds. The van der Waals surface area contributed by atoms with E-state index in [4.69, 9.17) is 0 Å². The minimum Gasteiger partial charge on any atom is -0.0617 e. The van der Waals surface area contributed by atoms with E-state index in [2.05, 4.69) is 88.4 Å². The van der Waals surface area contributed by atoms with E-state index in [1.54, 1.807) is 0 Å². The van der Waals surface area contributed by atoms with E-state index in [1.807, 2.05) is 0 Å². The molecule has 3 rings (SSSR count). The summed E-state index contributed by atoms with van der Waals surface area (Å²) in [6.07, 6.45) is 2.02. The summed E-state index contributed by atoms with van der Waals surface area (Å²) in [6, 6.07) is 22.5. The Morgan fingerprint density at radius 2 is 1.17 bits per heavy atom. The zero-order valence-electron chi connectivity index (χ0n) is 15.2. The van der Waals surface area contributed by atoms with Crippen molar-refractivity contribution < 1.29 is 0 Å². The maximum atomic E-state index is 2.30. The van der Waals surface area contributed by atoms with Crippen LogP contribution in [-0.2, 0) is 12.8 Å². The molecule has 0 radical (unpaired) electrons. The average molecular weight is 314 g/mol. The van der Waals surface area contributed by atoms with E-state index in [0.717, 1.165) is 12.8 Å². The van der Waals surface area contributed by atoms with Crippen molar-refractivity contribution >= 4 is 0 Å². The molecule has 0 aliphatic heterocycles. The summed E-state index contributed by atoms with van der Waals surface area (Å²) in [5, 5.41) is 0. The molecule has 0 fully saturated rings. The number of hydrogen-bond donors (Lipinski definition) is 0. The van der Waals surface area contributed by atoms with Gasteiger partial charge in [-0.1, -0.05) is 60.7 Å². The summed E-state index contributed by atoms with van der Waals surface area (Å²) in [4.78, 5) is 0. The molecule has 0 spiro atoms. The molecule has 0 aliphatic carbocycles. The van der Waals surface area contributed by atoms with Gasteiger partial charge in [0.15, 0.2) is 0 Å². The third kappa shape index (κ3) is 3.76. The standard InChI is InChI=1S/C24H26/c1-17-8-9-23(14-19(17)3)15-21-10-12-22(13-11-21)16-24-7-5-6-18(2)20(24)4/h5-14H,15-16H2,1-4H3. The molecule has 0 aromatic heterocycles. The van der Waals surface area contributed by atoms with E-state index >= 15 is 0 Å². The van der Waals surface area contributed by atoms with Crippen molar-refractivity contribution in [2.45, 2.75) is 40.5 Å². The molecule has 0 nitrogen and oxygen atoms in total. The minimum atomic E-state index is 1.00. The summed E-state index contributed by atoms with van der Waals surface area (Å²) in [7, 11) is 0. The Kier molecular flexibility index (Phi) is 4.85. The summed E-state index contributed by atoms with van der Waals surface area (Å²) < 4.78 is 0. The SMILES string of the molecule is Cc1ccc(Cc2ccc(Cc3cccc(C)c3C)cc2)cc1C. The molecule has 24 heavy (non-hydrogen) atoms. The predicted octanol–water partition coefficient (Wildman–Crippen LogP) is 6.10. The van der Waals surface area contributed by atoms with Gasteiger partial charge in [-0.3, -0.25) is 0 Å². The van der Waals surface area contributed by atoms with Gasteiger partial charge >= 0.3 is 0 Å². The topological polar surface area (TPSA) is 0 Å². The Hall–Kier alpha value is -2.34. The molecule has 0 heterocycles. The van der Waals surface area contributed by atoms with E-state index < -0.39 is 0 Å². The summed E-state index contributed by atoms with van der Waals surface area (Å²) in [5.74, 6) is 0.